The average Bonchev–Trinajstić information content (AvgIpc) is 3.02. The fourth-order valence-corrected chi connectivity index (χ4v) is 2.24. The van der Waals surface area contributed by atoms with E-state index in [1.165, 1.54) is 12.3 Å². The maximum Gasteiger partial charge on any atom is 0.337 e. The predicted octanol–water partition coefficient (Wildman–Crippen LogP) is 3.77. The molecule has 0 saturated carbocycles. The molecule has 3 rings (SSSR count). The van der Waals surface area contributed by atoms with Crippen molar-refractivity contribution < 1.29 is 27.8 Å². The number of aromatic amines is 1. The first-order valence-corrected chi connectivity index (χ1v) is 7.08. The quantitative estimate of drug-likeness (QED) is 0.736. The van der Waals surface area contributed by atoms with Crippen molar-refractivity contribution in [3.8, 4) is 17.1 Å². The van der Waals surface area contributed by atoms with Crippen LogP contribution in [0.3, 0.4) is 0 Å². The van der Waals surface area contributed by atoms with Gasteiger partial charge in [-0.25, -0.2) is 22.9 Å². The van der Waals surface area contributed by atoms with Crippen LogP contribution >= 0.6 is 0 Å². The van der Waals surface area contributed by atoms with Gasteiger partial charge < -0.3 is 14.8 Å². The van der Waals surface area contributed by atoms with Gasteiger partial charge in [-0.1, -0.05) is 0 Å². The molecule has 0 aliphatic heterocycles. The average molecular weight is 348 g/mol. The Morgan fingerprint density at radius 2 is 1.80 bits per heavy atom. The first kappa shape index (κ1) is 16.6. The first-order chi connectivity index (χ1) is 11.9. The van der Waals surface area contributed by atoms with Gasteiger partial charge in [0.1, 0.15) is 29.8 Å². The third-order valence-corrected chi connectivity index (χ3v) is 3.32. The van der Waals surface area contributed by atoms with E-state index in [1.807, 2.05) is 0 Å². The number of nitrogens with one attached hydrogen (secondary N) is 1. The lowest BCUT2D eigenvalue weighted by Crippen LogP contribution is -2.00. The highest BCUT2D eigenvalue weighted by Gasteiger charge is 2.14. The second-order valence-corrected chi connectivity index (χ2v) is 5.17. The Labute approximate surface area is 139 Å². The summed E-state index contributed by atoms with van der Waals surface area (Å²) in [6.07, 6.45) is 2.21. The van der Waals surface area contributed by atoms with Crippen LogP contribution in [0.4, 0.5) is 13.2 Å². The number of H-pyrrole nitrogens is 1. The van der Waals surface area contributed by atoms with E-state index in [1.54, 1.807) is 0 Å². The highest BCUT2D eigenvalue weighted by Crippen LogP contribution is 2.29. The number of rotatable bonds is 5. The minimum Gasteiger partial charge on any atom is -0.486 e. The predicted molar refractivity (Wildman–Crippen MR) is 81.6 cm³/mol. The summed E-state index contributed by atoms with van der Waals surface area (Å²) < 4.78 is 45.3. The monoisotopic (exact) mass is 348 g/mol. The molecule has 1 aromatic carbocycles. The molecule has 3 aromatic rings. The molecule has 2 heterocycles. The molecular weight excluding hydrogens is 337 g/mol. The number of pyridine rings is 1. The molecular formula is C17H11F3N2O3. The van der Waals surface area contributed by atoms with Crippen molar-refractivity contribution >= 4 is 5.97 Å². The van der Waals surface area contributed by atoms with Gasteiger partial charge in [0.2, 0.25) is 0 Å². The van der Waals surface area contributed by atoms with E-state index in [2.05, 4.69) is 9.97 Å². The van der Waals surface area contributed by atoms with Gasteiger partial charge in [0.15, 0.2) is 5.75 Å². The second-order valence-electron chi connectivity index (χ2n) is 5.17. The molecule has 0 spiro atoms. The lowest BCUT2D eigenvalue weighted by Gasteiger charge is -2.10. The number of carboxylic acids is 1. The number of benzene rings is 1. The van der Waals surface area contributed by atoms with Gasteiger partial charge in [-0.15, -0.1) is 0 Å². The molecule has 0 bridgehead atoms. The van der Waals surface area contributed by atoms with Crippen LogP contribution in [-0.4, -0.2) is 21.0 Å². The summed E-state index contributed by atoms with van der Waals surface area (Å²) in [5, 5.41) is 8.96. The summed E-state index contributed by atoms with van der Waals surface area (Å²) in [5.74, 6) is -3.32. The Kier molecular flexibility index (Phi) is 4.42. The number of aromatic nitrogens is 2. The molecule has 0 aliphatic carbocycles. The number of carbonyl (C=O) groups is 1. The summed E-state index contributed by atoms with van der Waals surface area (Å²) in [6.45, 7) is -0.223. The Morgan fingerprint density at radius 1 is 1.08 bits per heavy atom. The number of nitrogens with zero attached hydrogens (tertiary/aromatic N) is 1. The van der Waals surface area contributed by atoms with Gasteiger partial charge in [0, 0.05) is 18.3 Å². The van der Waals surface area contributed by atoms with Crippen molar-refractivity contribution in [3.05, 3.63) is 71.3 Å². The van der Waals surface area contributed by atoms with Crippen LogP contribution in [0.15, 0.2) is 42.7 Å². The lowest BCUT2D eigenvalue weighted by atomic mass is 10.2. The molecule has 128 valence electrons. The molecule has 0 fully saturated rings. The second kappa shape index (κ2) is 6.68. The minimum absolute atomic E-state index is 0.000670. The highest BCUT2D eigenvalue weighted by molar-refractivity contribution is 5.89. The number of halogens is 3. The zero-order chi connectivity index (χ0) is 18.0. The van der Waals surface area contributed by atoms with Crippen LogP contribution in [0.2, 0.25) is 0 Å². The molecule has 8 heteroatoms. The van der Waals surface area contributed by atoms with Crippen LogP contribution in [-0.2, 0) is 6.61 Å². The van der Waals surface area contributed by atoms with Crippen molar-refractivity contribution in [2.45, 2.75) is 6.61 Å². The number of hydrogen-bond acceptors (Lipinski definition) is 3. The largest absolute Gasteiger partial charge is 0.486 e. The zero-order valence-electron chi connectivity index (χ0n) is 12.6. The summed E-state index contributed by atoms with van der Waals surface area (Å²) in [7, 11) is 0. The first-order valence-electron chi connectivity index (χ1n) is 7.08. The summed E-state index contributed by atoms with van der Waals surface area (Å²) in [6, 6.07) is 5.28. The van der Waals surface area contributed by atoms with Crippen LogP contribution in [0, 0.1) is 17.5 Å². The van der Waals surface area contributed by atoms with Gasteiger partial charge in [-0.05, 0) is 23.8 Å². The Morgan fingerprint density at radius 3 is 2.44 bits per heavy atom. The summed E-state index contributed by atoms with van der Waals surface area (Å²) >= 11 is 0. The van der Waals surface area contributed by atoms with E-state index in [-0.39, 0.29) is 29.2 Å². The topological polar surface area (TPSA) is 75.2 Å². The van der Waals surface area contributed by atoms with Gasteiger partial charge in [0.25, 0.3) is 0 Å². The van der Waals surface area contributed by atoms with Crippen LogP contribution in [0.5, 0.6) is 5.75 Å². The Hall–Kier alpha value is -3.29. The van der Waals surface area contributed by atoms with E-state index in [4.69, 9.17) is 9.84 Å². The third kappa shape index (κ3) is 3.79. The molecule has 25 heavy (non-hydrogen) atoms. The smallest absolute Gasteiger partial charge is 0.337 e. The molecule has 0 atom stereocenters. The fraction of sp³-hybridized carbons (Fsp3) is 0.0588. The SMILES string of the molecule is O=C(O)c1c[nH]c(-c2ncc(F)cc2OCc2cc(F)cc(F)c2)c1. The minimum atomic E-state index is -1.14. The fourth-order valence-electron chi connectivity index (χ4n) is 2.24. The normalized spacial score (nSPS) is 10.7. The molecule has 0 unspecified atom stereocenters. The third-order valence-electron chi connectivity index (χ3n) is 3.32. The number of aromatic carboxylic acids is 1. The van der Waals surface area contributed by atoms with Crippen LogP contribution in [0.25, 0.3) is 11.4 Å². The zero-order valence-corrected chi connectivity index (χ0v) is 12.6. The maximum absolute atomic E-state index is 13.5. The van der Waals surface area contributed by atoms with Gasteiger partial charge in [-0.3, -0.25) is 0 Å². The van der Waals surface area contributed by atoms with Gasteiger partial charge in [0.05, 0.1) is 17.5 Å². The Bertz CT molecular complexity index is 920. The summed E-state index contributed by atoms with van der Waals surface area (Å²) in [4.78, 5) is 17.6. The van der Waals surface area contributed by atoms with Crippen molar-refractivity contribution in [1.82, 2.24) is 9.97 Å². The number of carboxylic acid groups (broad SMARTS) is 1. The van der Waals surface area contributed by atoms with Gasteiger partial charge >= 0.3 is 5.97 Å². The number of ether oxygens (including phenoxy) is 1. The van der Waals surface area contributed by atoms with Crippen LogP contribution in [0.1, 0.15) is 15.9 Å². The van der Waals surface area contributed by atoms with E-state index in [0.717, 1.165) is 30.5 Å². The van der Waals surface area contributed by atoms with Crippen LogP contribution < -0.4 is 4.74 Å². The number of hydrogen-bond donors (Lipinski definition) is 2. The van der Waals surface area contributed by atoms with Crippen molar-refractivity contribution in [2.75, 3.05) is 0 Å². The van der Waals surface area contributed by atoms with E-state index >= 15 is 0 Å². The molecule has 0 radical (unpaired) electrons. The van der Waals surface area contributed by atoms with E-state index in [0.29, 0.717) is 5.69 Å². The molecule has 5 nitrogen and oxygen atoms in total. The molecule has 0 saturated heterocycles. The Balaban J connectivity index is 1.89. The molecule has 0 aliphatic rings. The van der Waals surface area contributed by atoms with Crippen molar-refractivity contribution in [2.24, 2.45) is 0 Å². The lowest BCUT2D eigenvalue weighted by molar-refractivity contribution is 0.0697. The maximum atomic E-state index is 13.5. The van der Waals surface area contributed by atoms with E-state index in [9.17, 15) is 18.0 Å². The highest BCUT2D eigenvalue weighted by atomic mass is 19.1. The van der Waals surface area contributed by atoms with Crippen molar-refractivity contribution in [1.29, 1.82) is 0 Å². The molecule has 2 N–H and O–H groups in total. The van der Waals surface area contributed by atoms with Crippen molar-refractivity contribution in [3.63, 3.8) is 0 Å². The standard InChI is InChI=1S/C17H11F3N2O3/c18-11-1-9(2-12(19)4-11)8-25-15-5-13(20)7-22-16(15)14-3-10(6-21-14)17(23)24/h1-7,21H,8H2,(H,23,24). The van der Waals surface area contributed by atoms with E-state index < -0.39 is 23.4 Å². The molecule has 0 amide bonds. The summed E-state index contributed by atoms with van der Waals surface area (Å²) in [5.41, 5.74) is 0.688. The molecule has 2 aromatic heterocycles. The van der Waals surface area contributed by atoms with Gasteiger partial charge in [-0.2, -0.15) is 0 Å².